The largest absolute Gasteiger partial charge is 0.479 e. The molecular formula is C3H7NO3S. The van der Waals surface area contributed by atoms with Gasteiger partial charge in [-0.05, 0) is 0 Å². The summed E-state index contributed by atoms with van der Waals surface area (Å²) in [5.74, 6) is 3.55. The predicted octanol–water partition coefficient (Wildman–Crippen LogP) is -0.740. The normalized spacial score (nSPS) is 13.2. The monoisotopic (exact) mass is 137 g/mol. The van der Waals surface area contributed by atoms with E-state index < -0.39 is 12.1 Å². The molecule has 48 valence electrons. The molecule has 0 rings (SSSR count). The van der Waals surface area contributed by atoms with E-state index in [1.54, 1.807) is 0 Å². The van der Waals surface area contributed by atoms with Gasteiger partial charge in [0.05, 0.1) is 0 Å². The Kier molecular flexibility index (Phi) is 3.59. The first-order valence-electron chi connectivity index (χ1n) is 1.91. The van der Waals surface area contributed by atoms with Crippen molar-refractivity contribution >= 4 is 18.6 Å². The zero-order chi connectivity index (χ0) is 6.57. The van der Waals surface area contributed by atoms with Gasteiger partial charge in [0.15, 0.2) is 6.10 Å². The minimum Gasteiger partial charge on any atom is -0.479 e. The highest BCUT2D eigenvalue weighted by molar-refractivity contribution is 7.80. The molecule has 5 heteroatoms. The number of hydrogen-bond acceptors (Lipinski definition) is 4. The number of nitrogens with two attached hydrogens (primary N) is 1. The molecule has 0 aliphatic heterocycles. The third-order valence-corrected chi connectivity index (χ3v) is 0.937. The molecule has 0 aromatic heterocycles. The lowest BCUT2D eigenvalue weighted by Crippen LogP contribution is -2.28. The quantitative estimate of drug-likeness (QED) is 0.354. The summed E-state index contributed by atoms with van der Waals surface area (Å²) in [6.07, 6.45) is -0.988. The molecule has 0 heterocycles. The van der Waals surface area contributed by atoms with E-state index in [1.807, 2.05) is 0 Å². The molecule has 0 spiro atoms. The number of carboxylic acid groups (broad SMARTS) is 1. The van der Waals surface area contributed by atoms with Crippen LogP contribution in [-0.2, 0) is 9.63 Å². The summed E-state index contributed by atoms with van der Waals surface area (Å²) in [5.41, 5.74) is 0. The molecule has 0 radical (unpaired) electrons. The van der Waals surface area contributed by atoms with Gasteiger partial charge in [-0.2, -0.15) is 12.6 Å². The van der Waals surface area contributed by atoms with Gasteiger partial charge in [0.25, 0.3) is 0 Å². The number of aliphatic carboxylic acids is 1. The van der Waals surface area contributed by atoms with Gasteiger partial charge in [-0.3, -0.25) is 4.84 Å². The maximum Gasteiger partial charge on any atom is 0.335 e. The lowest BCUT2D eigenvalue weighted by Gasteiger charge is -2.02. The topological polar surface area (TPSA) is 72.5 Å². The Bertz CT molecular complexity index is 82.6. The first-order valence-corrected chi connectivity index (χ1v) is 2.54. The molecule has 0 saturated heterocycles. The minimum absolute atomic E-state index is 0.0891. The Morgan fingerprint density at radius 1 is 2.00 bits per heavy atom. The van der Waals surface area contributed by atoms with Crippen LogP contribution in [0.4, 0.5) is 0 Å². The summed E-state index contributed by atoms with van der Waals surface area (Å²) in [6.45, 7) is 0. The van der Waals surface area contributed by atoms with E-state index in [0.29, 0.717) is 0 Å². The lowest BCUT2D eigenvalue weighted by molar-refractivity contribution is -0.148. The fourth-order valence-corrected chi connectivity index (χ4v) is 0.422. The van der Waals surface area contributed by atoms with Crippen molar-refractivity contribution in [3.05, 3.63) is 0 Å². The zero-order valence-corrected chi connectivity index (χ0v) is 4.97. The molecule has 3 N–H and O–H groups in total. The average Bonchev–Trinajstić information content (AvgIpc) is 1.69. The van der Waals surface area contributed by atoms with Crippen LogP contribution in [0.3, 0.4) is 0 Å². The van der Waals surface area contributed by atoms with Gasteiger partial charge in [0.2, 0.25) is 0 Å². The minimum atomic E-state index is -1.09. The molecule has 4 nitrogen and oxygen atoms in total. The first kappa shape index (κ1) is 7.74. The van der Waals surface area contributed by atoms with E-state index in [-0.39, 0.29) is 5.75 Å². The van der Waals surface area contributed by atoms with E-state index in [1.165, 1.54) is 0 Å². The number of carboxylic acids is 1. The van der Waals surface area contributed by atoms with Crippen molar-refractivity contribution in [3.8, 4) is 0 Å². The fraction of sp³-hybridized carbons (Fsp3) is 0.667. The van der Waals surface area contributed by atoms with Crippen LogP contribution in [0, 0.1) is 0 Å². The third kappa shape index (κ3) is 2.15. The third-order valence-electron chi connectivity index (χ3n) is 0.606. The molecule has 0 fully saturated rings. The van der Waals surface area contributed by atoms with Crippen LogP contribution in [0.1, 0.15) is 0 Å². The van der Waals surface area contributed by atoms with Crippen LogP contribution >= 0.6 is 12.6 Å². The Balaban J connectivity index is 3.52. The van der Waals surface area contributed by atoms with Crippen LogP contribution in [0.25, 0.3) is 0 Å². The number of hydrogen-bond donors (Lipinski definition) is 3. The SMILES string of the molecule is NOC(CS)C(=O)O. The second-order valence-electron chi connectivity index (χ2n) is 1.15. The summed E-state index contributed by atoms with van der Waals surface area (Å²) in [5, 5.41) is 8.12. The van der Waals surface area contributed by atoms with Crippen LogP contribution in [0.5, 0.6) is 0 Å². The molecule has 0 aromatic rings. The molecule has 0 amide bonds. The molecule has 1 unspecified atom stereocenters. The van der Waals surface area contributed by atoms with Crippen molar-refractivity contribution in [3.63, 3.8) is 0 Å². The van der Waals surface area contributed by atoms with Gasteiger partial charge >= 0.3 is 5.97 Å². The van der Waals surface area contributed by atoms with E-state index in [9.17, 15) is 4.79 Å². The summed E-state index contributed by atoms with van der Waals surface area (Å²) < 4.78 is 0. The van der Waals surface area contributed by atoms with Gasteiger partial charge in [-0.25, -0.2) is 10.7 Å². The van der Waals surface area contributed by atoms with E-state index in [2.05, 4.69) is 23.4 Å². The Morgan fingerprint density at radius 3 is 2.50 bits per heavy atom. The summed E-state index contributed by atoms with van der Waals surface area (Å²) >= 11 is 3.65. The standard InChI is InChI=1S/C3H7NO3S/c4-7-2(1-8)3(5)6/h2,8H,1,4H2,(H,5,6). The molecule has 1 atom stereocenters. The van der Waals surface area contributed by atoms with Crippen LogP contribution in [-0.4, -0.2) is 22.9 Å². The molecule has 0 aromatic carbocycles. The number of thiol groups is 1. The van der Waals surface area contributed by atoms with Crippen molar-refractivity contribution in [2.24, 2.45) is 5.90 Å². The van der Waals surface area contributed by atoms with Crippen LogP contribution < -0.4 is 5.90 Å². The highest BCUT2D eigenvalue weighted by Gasteiger charge is 2.13. The lowest BCUT2D eigenvalue weighted by atomic mass is 10.4. The maximum atomic E-state index is 9.91. The van der Waals surface area contributed by atoms with Gasteiger partial charge in [-0.15, -0.1) is 0 Å². The van der Waals surface area contributed by atoms with Gasteiger partial charge in [0, 0.05) is 5.75 Å². The highest BCUT2D eigenvalue weighted by Crippen LogP contribution is 1.89. The average molecular weight is 137 g/mol. The Labute approximate surface area is 52.0 Å². The number of rotatable bonds is 3. The Hall–Kier alpha value is -0.260. The molecule has 0 saturated carbocycles. The molecule has 0 bridgehead atoms. The summed E-state index contributed by atoms with van der Waals surface area (Å²) in [6, 6.07) is 0. The van der Waals surface area contributed by atoms with Crippen molar-refractivity contribution in [1.29, 1.82) is 0 Å². The molecule has 0 aliphatic carbocycles. The Morgan fingerprint density at radius 2 is 2.50 bits per heavy atom. The maximum absolute atomic E-state index is 9.91. The van der Waals surface area contributed by atoms with E-state index in [4.69, 9.17) is 5.11 Å². The second kappa shape index (κ2) is 3.71. The summed E-state index contributed by atoms with van der Waals surface area (Å²) in [4.78, 5) is 13.9. The number of carbonyl (C=O) groups is 1. The highest BCUT2D eigenvalue weighted by atomic mass is 32.1. The van der Waals surface area contributed by atoms with Crippen LogP contribution in [0.15, 0.2) is 0 Å². The molecule has 8 heavy (non-hydrogen) atoms. The van der Waals surface area contributed by atoms with Gasteiger partial charge < -0.3 is 5.11 Å². The predicted molar refractivity (Wildman–Crippen MR) is 30.5 cm³/mol. The van der Waals surface area contributed by atoms with Crippen LogP contribution in [0.2, 0.25) is 0 Å². The fourth-order valence-electron chi connectivity index (χ4n) is 0.179. The summed E-state index contributed by atoms with van der Waals surface area (Å²) in [7, 11) is 0. The molecule has 0 aliphatic rings. The van der Waals surface area contributed by atoms with Gasteiger partial charge in [-0.1, -0.05) is 0 Å². The second-order valence-corrected chi connectivity index (χ2v) is 1.51. The first-order chi connectivity index (χ1) is 3.72. The molecular weight excluding hydrogens is 130 g/mol. The van der Waals surface area contributed by atoms with Gasteiger partial charge in [0.1, 0.15) is 0 Å². The zero-order valence-electron chi connectivity index (χ0n) is 4.07. The van der Waals surface area contributed by atoms with Crippen molar-refractivity contribution in [2.45, 2.75) is 6.10 Å². The smallest absolute Gasteiger partial charge is 0.335 e. The van der Waals surface area contributed by atoms with Crippen molar-refractivity contribution < 1.29 is 14.7 Å². The van der Waals surface area contributed by atoms with E-state index >= 15 is 0 Å². The van der Waals surface area contributed by atoms with E-state index in [0.717, 1.165) is 0 Å². The van der Waals surface area contributed by atoms with Crippen molar-refractivity contribution in [1.82, 2.24) is 0 Å². The van der Waals surface area contributed by atoms with Crippen molar-refractivity contribution in [2.75, 3.05) is 5.75 Å².